The van der Waals surface area contributed by atoms with Crippen LogP contribution < -0.4 is 10.6 Å². The Labute approximate surface area is 121 Å². The molecule has 1 aromatic carbocycles. The van der Waals surface area contributed by atoms with Gasteiger partial charge in [-0.05, 0) is 25.1 Å². The predicted molar refractivity (Wildman–Crippen MR) is 82.9 cm³/mol. The molecule has 6 heteroatoms. The monoisotopic (exact) mass is 285 g/mol. The van der Waals surface area contributed by atoms with Crippen LogP contribution >= 0.6 is 11.3 Å². The SMILES string of the molecule is Cc1nc(CN(C)c2ncnc3ccc(N)cc23)cs1. The predicted octanol–water partition coefficient (Wildman–Crippen LogP) is 2.61. The number of fused-ring (bicyclic) bond motifs is 1. The fourth-order valence-corrected chi connectivity index (χ4v) is 2.77. The smallest absolute Gasteiger partial charge is 0.140 e. The van der Waals surface area contributed by atoms with Crippen LogP contribution in [-0.2, 0) is 6.54 Å². The number of nitrogen functional groups attached to an aromatic ring is 1. The molecule has 0 unspecified atom stereocenters. The number of benzene rings is 1. The Hall–Kier alpha value is -2.21. The number of nitrogens with zero attached hydrogens (tertiary/aromatic N) is 4. The third-order valence-electron chi connectivity index (χ3n) is 3.07. The molecule has 3 rings (SSSR count). The minimum atomic E-state index is 0.714. The summed E-state index contributed by atoms with van der Waals surface area (Å²) in [5.41, 5.74) is 8.52. The molecule has 0 aliphatic carbocycles. The summed E-state index contributed by atoms with van der Waals surface area (Å²) in [4.78, 5) is 15.2. The van der Waals surface area contributed by atoms with Crippen LogP contribution in [0.25, 0.3) is 10.9 Å². The molecule has 0 atom stereocenters. The van der Waals surface area contributed by atoms with Gasteiger partial charge in [0, 0.05) is 23.5 Å². The van der Waals surface area contributed by atoms with Gasteiger partial charge in [0.05, 0.1) is 22.8 Å². The second-order valence-electron chi connectivity index (χ2n) is 4.69. The van der Waals surface area contributed by atoms with Crippen LogP contribution in [0.1, 0.15) is 10.7 Å². The van der Waals surface area contributed by atoms with Crippen molar-refractivity contribution >= 4 is 33.7 Å². The van der Waals surface area contributed by atoms with E-state index in [9.17, 15) is 0 Å². The molecular formula is C14H15N5S. The topological polar surface area (TPSA) is 67.9 Å². The number of thiazole rings is 1. The molecule has 0 radical (unpaired) electrons. The largest absolute Gasteiger partial charge is 0.399 e. The summed E-state index contributed by atoms with van der Waals surface area (Å²) in [6.45, 7) is 2.72. The summed E-state index contributed by atoms with van der Waals surface area (Å²) in [5, 5.41) is 4.11. The van der Waals surface area contributed by atoms with Crippen molar-refractivity contribution in [3.05, 3.63) is 40.6 Å². The maximum absolute atomic E-state index is 5.86. The summed E-state index contributed by atoms with van der Waals surface area (Å²) in [6.07, 6.45) is 1.58. The molecule has 102 valence electrons. The number of rotatable bonds is 3. The molecule has 2 heterocycles. The van der Waals surface area contributed by atoms with Crippen molar-refractivity contribution in [2.45, 2.75) is 13.5 Å². The Morgan fingerprint density at radius 3 is 2.90 bits per heavy atom. The molecule has 0 saturated heterocycles. The quantitative estimate of drug-likeness (QED) is 0.749. The summed E-state index contributed by atoms with van der Waals surface area (Å²) in [6, 6.07) is 5.67. The maximum atomic E-state index is 5.86. The average Bonchev–Trinajstić information content (AvgIpc) is 2.83. The van der Waals surface area contributed by atoms with Crippen LogP contribution in [0, 0.1) is 6.92 Å². The molecule has 0 bridgehead atoms. The lowest BCUT2D eigenvalue weighted by molar-refractivity contribution is 0.872. The van der Waals surface area contributed by atoms with E-state index in [1.54, 1.807) is 17.7 Å². The van der Waals surface area contributed by atoms with Crippen LogP contribution in [0.3, 0.4) is 0 Å². The first-order chi connectivity index (χ1) is 9.63. The zero-order valence-corrected chi connectivity index (χ0v) is 12.2. The average molecular weight is 285 g/mol. The summed E-state index contributed by atoms with van der Waals surface area (Å²) in [5.74, 6) is 0.868. The van der Waals surface area contributed by atoms with Crippen molar-refractivity contribution in [2.75, 3.05) is 17.7 Å². The van der Waals surface area contributed by atoms with Crippen molar-refractivity contribution < 1.29 is 0 Å². The second kappa shape index (κ2) is 5.05. The minimum Gasteiger partial charge on any atom is -0.399 e. The Balaban J connectivity index is 1.98. The van der Waals surface area contributed by atoms with E-state index in [0.717, 1.165) is 27.4 Å². The number of aryl methyl sites for hydroxylation is 1. The lowest BCUT2D eigenvalue weighted by atomic mass is 10.2. The number of hydrogen-bond donors (Lipinski definition) is 1. The van der Waals surface area contributed by atoms with Crippen molar-refractivity contribution in [3.63, 3.8) is 0 Å². The summed E-state index contributed by atoms with van der Waals surface area (Å²) < 4.78 is 0. The maximum Gasteiger partial charge on any atom is 0.140 e. The molecule has 0 saturated carbocycles. The first-order valence-corrected chi connectivity index (χ1v) is 7.14. The van der Waals surface area contributed by atoms with Gasteiger partial charge in [0.25, 0.3) is 0 Å². The van der Waals surface area contributed by atoms with E-state index in [0.29, 0.717) is 12.2 Å². The highest BCUT2D eigenvalue weighted by Crippen LogP contribution is 2.25. The van der Waals surface area contributed by atoms with Crippen LogP contribution in [0.2, 0.25) is 0 Å². The van der Waals surface area contributed by atoms with Gasteiger partial charge in [0.15, 0.2) is 0 Å². The normalized spacial score (nSPS) is 10.9. The first-order valence-electron chi connectivity index (χ1n) is 6.26. The van der Waals surface area contributed by atoms with Gasteiger partial charge < -0.3 is 10.6 Å². The fourth-order valence-electron chi connectivity index (χ4n) is 2.16. The van der Waals surface area contributed by atoms with E-state index in [-0.39, 0.29) is 0 Å². The lowest BCUT2D eigenvalue weighted by Crippen LogP contribution is -2.18. The van der Waals surface area contributed by atoms with Crippen LogP contribution in [0.4, 0.5) is 11.5 Å². The van der Waals surface area contributed by atoms with E-state index < -0.39 is 0 Å². The number of hydrogen-bond acceptors (Lipinski definition) is 6. The van der Waals surface area contributed by atoms with Gasteiger partial charge in [-0.3, -0.25) is 0 Å². The minimum absolute atomic E-state index is 0.714. The van der Waals surface area contributed by atoms with Gasteiger partial charge in [-0.15, -0.1) is 11.3 Å². The Kier molecular flexibility index (Phi) is 3.23. The molecule has 20 heavy (non-hydrogen) atoms. The molecule has 5 nitrogen and oxygen atoms in total. The number of anilines is 2. The van der Waals surface area contributed by atoms with Gasteiger partial charge in [0.1, 0.15) is 12.1 Å². The van der Waals surface area contributed by atoms with Gasteiger partial charge in [-0.25, -0.2) is 15.0 Å². The third kappa shape index (κ3) is 2.42. The molecule has 3 aromatic rings. The van der Waals surface area contributed by atoms with Gasteiger partial charge in [-0.2, -0.15) is 0 Å². The zero-order chi connectivity index (χ0) is 14.1. The molecule has 0 aliphatic heterocycles. The number of aromatic nitrogens is 3. The molecule has 0 spiro atoms. The Morgan fingerprint density at radius 2 is 2.15 bits per heavy atom. The zero-order valence-electron chi connectivity index (χ0n) is 11.4. The fraction of sp³-hybridized carbons (Fsp3) is 0.214. The van der Waals surface area contributed by atoms with E-state index in [1.165, 1.54) is 0 Å². The highest BCUT2D eigenvalue weighted by atomic mass is 32.1. The molecule has 0 aliphatic rings. The highest BCUT2D eigenvalue weighted by molar-refractivity contribution is 7.09. The van der Waals surface area contributed by atoms with Crippen molar-refractivity contribution in [1.29, 1.82) is 0 Å². The lowest BCUT2D eigenvalue weighted by Gasteiger charge is -2.18. The van der Waals surface area contributed by atoms with Gasteiger partial charge in [-0.1, -0.05) is 0 Å². The molecular weight excluding hydrogens is 270 g/mol. The third-order valence-corrected chi connectivity index (χ3v) is 3.89. The first kappa shape index (κ1) is 12.8. The van der Waals surface area contributed by atoms with Crippen LogP contribution in [-0.4, -0.2) is 22.0 Å². The highest BCUT2D eigenvalue weighted by Gasteiger charge is 2.10. The Morgan fingerprint density at radius 1 is 1.30 bits per heavy atom. The van der Waals surface area contributed by atoms with E-state index in [2.05, 4.69) is 25.2 Å². The molecule has 2 aromatic heterocycles. The van der Waals surface area contributed by atoms with Crippen LogP contribution in [0.15, 0.2) is 29.9 Å². The van der Waals surface area contributed by atoms with E-state index in [4.69, 9.17) is 5.73 Å². The van der Waals surface area contributed by atoms with Gasteiger partial charge >= 0.3 is 0 Å². The van der Waals surface area contributed by atoms with Crippen molar-refractivity contribution in [3.8, 4) is 0 Å². The standard InChI is InChI=1S/C14H15N5S/c1-9-18-11(7-20-9)6-19(2)14-12-5-10(15)3-4-13(12)16-8-17-14/h3-5,7-8H,6,15H2,1-2H3. The number of nitrogens with two attached hydrogens (primary N) is 1. The summed E-state index contributed by atoms with van der Waals surface area (Å²) >= 11 is 1.66. The Bertz CT molecular complexity index is 752. The van der Waals surface area contributed by atoms with Crippen molar-refractivity contribution in [1.82, 2.24) is 15.0 Å². The van der Waals surface area contributed by atoms with Gasteiger partial charge in [0.2, 0.25) is 0 Å². The van der Waals surface area contributed by atoms with E-state index in [1.807, 2.05) is 32.2 Å². The summed E-state index contributed by atoms with van der Waals surface area (Å²) in [7, 11) is 2.00. The molecule has 0 amide bonds. The van der Waals surface area contributed by atoms with Crippen molar-refractivity contribution in [2.24, 2.45) is 0 Å². The molecule has 2 N–H and O–H groups in total. The van der Waals surface area contributed by atoms with E-state index >= 15 is 0 Å². The van der Waals surface area contributed by atoms with Crippen LogP contribution in [0.5, 0.6) is 0 Å². The molecule has 0 fully saturated rings. The second-order valence-corrected chi connectivity index (χ2v) is 5.75.